The van der Waals surface area contributed by atoms with Crippen LogP contribution in [0.4, 0.5) is 8.78 Å². The lowest BCUT2D eigenvalue weighted by Gasteiger charge is -2.26. The number of hydrogen-bond acceptors (Lipinski definition) is 13. The third kappa shape index (κ3) is 7.29. The van der Waals surface area contributed by atoms with Gasteiger partial charge in [-0.25, -0.2) is 20.0 Å². The molecule has 2 atom stereocenters. The number of carbonyl (C=O) groups excluding carboxylic acids is 3. The van der Waals surface area contributed by atoms with Gasteiger partial charge in [0.25, 0.3) is 11.8 Å². The molecule has 1 saturated heterocycles. The van der Waals surface area contributed by atoms with Crippen LogP contribution < -0.4 is 11.5 Å². The summed E-state index contributed by atoms with van der Waals surface area (Å²) in [5.74, 6) is -2.45. The highest BCUT2D eigenvalue weighted by Crippen LogP contribution is 2.46. The summed E-state index contributed by atoms with van der Waals surface area (Å²) in [6.07, 6.45) is 3.77. The number of pyridine rings is 2. The summed E-state index contributed by atoms with van der Waals surface area (Å²) in [5, 5.41) is 3.65. The topological polar surface area (TPSA) is 179 Å². The minimum absolute atomic E-state index is 0.0108. The second kappa shape index (κ2) is 17.0. The van der Waals surface area contributed by atoms with Crippen LogP contribution in [0.3, 0.4) is 0 Å². The molecule has 17 heteroatoms. The van der Waals surface area contributed by atoms with Gasteiger partial charge in [-0.15, -0.1) is 22.7 Å². The fraction of sp³-hybridized carbons (Fsp3) is 0.239. The molecule has 3 aliphatic rings. The van der Waals surface area contributed by atoms with Gasteiger partial charge in [-0.05, 0) is 81.5 Å². The largest absolute Gasteiger partial charge is 0.369 e. The average molecular weight is 889 g/mol. The van der Waals surface area contributed by atoms with Crippen LogP contribution in [-0.2, 0) is 35.9 Å². The predicted octanol–water partition coefficient (Wildman–Crippen LogP) is 7.16. The maximum Gasteiger partial charge on any atom is 0.266 e. The summed E-state index contributed by atoms with van der Waals surface area (Å²) in [5.41, 5.74) is 13.5. The van der Waals surface area contributed by atoms with Crippen molar-refractivity contribution in [3.63, 3.8) is 0 Å². The first-order chi connectivity index (χ1) is 30.3. The Balaban J connectivity index is 0.000000174. The molecule has 2 aromatic carbocycles. The summed E-state index contributed by atoms with van der Waals surface area (Å²) in [6.45, 7) is 4.81. The Morgan fingerprint density at radius 1 is 0.698 bits per heavy atom. The SMILES string of the molecule is CCC(=O)c1cc(C2(c3cccc(-c4cccnc4F)c3)N=C(N)N(C)C2=O)cs1.CCC1(c2cc(C3(c4cccc(-c5cccnc5F)c4)N=C(N)N(C)C3=O)cs2)OCCO1. The molecule has 1 fully saturated rings. The van der Waals surface area contributed by atoms with E-state index in [-0.39, 0.29) is 29.5 Å². The molecule has 3 aliphatic heterocycles. The van der Waals surface area contributed by atoms with E-state index in [0.29, 0.717) is 75.4 Å². The lowest BCUT2D eigenvalue weighted by molar-refractivity contribution is -0.164. The van der Waals surface area contributed by atoms with Gasteiger partial charge in [0.05, 0.1) is 23.0 Å². The molecule has 4 N–H and O–H groups in total. The van der Waals surface area contributed by atoms with Crippen LogP contribution in [0.5, 0.6) is 0 Å². The van der Waals surface area contributed by atoms with Crippen LogP contribution >= 0.6 is 22.7 Å². The fourth-order valence-electron chi connectivity index (χ4n) is 7.94. The van der Waals surface area contributed by atoms with Gasteiger partial charge in [-0.1, -0.05) is 50.2 Å². The zero-order chi connectivity index (χ0) is 44.7. The zero-order valence-electron chi connectivity index (χ0n) is 34.7. The van der Waals surface area contributed by atoms with Crippen LogP contribution in [0.1, 0.15) is 63.5 Å². The fourth-order valence-corrected chi connectivity index (χ4v) is 10.0. The van der Waals surface area contributed by atoms with Crippen LogP contribution in [-0.4, -0.2) is 76.6 Å². The molecule has 0 spiro atoms. The number of hydrogen-bond donors (Lipinski definition) is 2. The monoisotopic (exact) mass is 888 g/mol. The molecule has 6 aromatic rings. The van der Waals surface area contributed by atoms with Gasteiger partial charge in [-0.2, -0.15) is 8.78 Å². The first kappa shape index (κ1) is 43.1. The van der Waals surface area contributed by atoms with E-state index >= 15 is 0 Å². The van der Waals surface area contributed by atoms with Gasteiger partial charge in [0, 0.05) is 61.6 Å². The Kier molecular flexibility index (Phi) is 11.6. The Labute approximate surface area is 369 Å². The van der Waals surface area contributed by atoms with Gasteiger partial charge in [-0.3, -0.25) is 24.2 Å². The van der Waals surface area contributed by atoms with Crippen molar-refractivity contribution in [2.24, 2.45) is 21.5 Å². The van der Waals surface area contributed by atoms with Crippen molar-refractivity contribution in [2.45, 2.75) is 43.6 Å². The van der Waals surface area contributed by atoms with Crippen molar-refractivity contribution >= 4 is 52.2 Å². The van der Waals surface area contributed by atoms with E-state index in [9.17, 15) is 23.2 Å². The number of ketones is 1. The van der Waals surface area contributed by atoms with E-state index in [0.717, 1.165) is 4.88 Å². The number of nitrogens with zero attached hydrogens (tertiary/aromatic N) is 6. The Morgan fingerprint density at radius 3 is 1.63 bits per heavy atom. The molecule has 0 saturated carbocycles. The van der Waals surface area contributed by atoms with Gasteiger partial charge in [0.2, 0.25) is 17.7 Å². The van der Waals surface area contributed by atoms with Gasteiger partial charge in [0.15, 0.2) is 28.8 Å². The Hall–Kier alpha value is -6.53. The van der Waals surface area contributed by atoms with E-state index in [4.69, 9.17) is 20.9 Å². The Bertz CT molecular complexity index is 2820. The lowest BCUT2D eigenvalue weighted by Crippen LogP contribution is -2.41. The second-order valence-electron chi connectivity index (χ2n) is 14.9. The average Bonchev–Trinajstić information content (AvgIpc) is 4.16. The van der Waals surface area contributed by atoms with E-state index < -0.39 is 28.8 Å². The number of thiophene rings is 2. The number of aliphatic imine (C=N–C) groups is 2. The van der Waals surface area contributed by atoms with Crippen molar-refractivity contribution in [1.29, 1.82) is 0 Å². The van der Waals surface area contributed by atoms with E-state index in [2.05, 4.69) is 20.0 Å². The normalized spacial score (nSPS) is 20.4. The summed E-state index contributed by atoms with van der Waals surface area (Å²) in [4.78, 5) is 59.8. The first-order valence-corrected chi connectivity index (χ1v) is 21.7. The van der Waals surface area contributed by atoms with Crippen molar-refractivity contribution < 1.29 is 32.6 Å². The van der Waals surface area contributed by atoms with Crippen LogP contribution in [0, 0.1) is 11.9 Å². The second-order valence-corrected chi connectivity index (χ2v) is 16.7. The third-order valence-electron chi connectivity index (χ3n) is 11.4. The number of rotatable bonds is 10. The minimum atomic E-state index is -1.43. The molecule has 63 heavy (non-hydrogen) atoms. The van der Waals surface area contributed by atoms with E-state index in [1.807, 2.05) is 18.4 Å². The number of benzene rings is 2. The smallest absolute Gasteiger partial charge is 0.266 e. The quantitative estimate of drug-likeness (QED) is 0.107. The van der Waals surface area contributed by atoms with Gasteiger partial charge in [0.1, 0.15) is 0 Å². The number of halogens is 2. The number of ether oxygens (including phenoxy) is 2. The number of aromatic nitrogens is 2. The standard InChI is InChI=1S/C24H23FN4O3S.C22H19FN4O2S/c1-3-23(31-10-11-32-23)19-13-17(14-33-19)24(21(30)29(2)22(26)28-24)16-7-4-6-15(12-16)18-8-5-9-27-20(18)25;1-3-17(28)18-11-15(12-30-18)22(20(29)27(2)21(24)26-22)14-7-4-6-13(10-14)16-8-5-9-25-19(16)23/h4-9,12-14H,3,10-11H2,1-2H3,(H2,26,28);4-12H,3H2,1-2H3,(H2,24,26). The molecule has 322 valence electrons. The predicted molar refractivity (Wildman–Crippen MR) is 237 cm³/mol. The lowest BCUT2D eigenvalue weighted by atomic mass is 9.82. The molecule has 0 radical (unpaired) electrons. The summed E-state index contributed by atoms with van der Waals surface area (Å²) in [6, 6.07) is 24.3. The van der Waals surface area contributed by atoms with Crippen molar-refractivity contribution in [3.05, 3.63) is 152 Å². The highest BCUT2D eigenvalue weighted by atomic mass is 32.1. The van der Waals surface area contributed by atoms with E-state index in [1.54, 1.807) is 105 Å². The summed E-state index contributed by atoms with van der Waals surface area (Å²) >= 11 is 2.73. The number of amides is 2. The molecular formula is C46H42F2N8O5S2. The number of likely N-dealkylation sites (N-methyl/N-ethyl adjacent to an activating group) is 2. The number of nitrogens with two attached hydrogens (primary N) is 2. The van der Waals surface area contributed by atoms with Crippen LogP contribution in [0.25, 0.3) is 22.3 Å². The number of guanidine groups is 2. The molecule has 9 rings (SSSR count). The molecule has 0 aliphatic carbocycles. The molecule has 7 heterocycles. The molecule has 0 bridgehead atoms. The first-order valence-electron chi connectivity index (χ1n) is 20.0. The third-order valence-corrected chi connectivity index (χ3v) is 13.4. The maximum absolute atomic E-state index is 14.4. The molecule has 13 nitrogen and oxygen atoms in total. The molecule has 2 unspecified atom stereocenters. The number of Topliss-reactive ketones (excluding diaryl/α,β-unsaturated/α-hetero) is 1. The van der Waals surface area contributed by atoms with Crippen molar-refractivity contribution in [1.82, 2.24) is 19.8 Å². The van der Waals surface area contributed by atoms with Gasteiger partial charge >= 0.3 is 0 Å². The zero-order valence-corrected chi connectivity index (χ0v) is 36.3. The molecular weight excluding hydrogens is 847 g/mol. The molecule has 4 aromatic heterocycles. The Morgan fingerprint density at radius 2 is 1.19 bits per heavy atom. The van der Waals surface area contributed by atoms with Crippen molar-refractivity contribution in [2.75, 3.05) is 27.3 Å². The minimum Gasteiger partial charge on any atom is -0.369 e. The summed E-state index contributed by atoms with van der Waals surface area (Å²) < 4.78 is 40.5. The molecule has 2 amide bonds. The maximum atomic E-state index is 14.4. The number of carbonyl (C=O) groups is 3. The summed E-state index contributed by atoms with van der Waals surface area (Å²) in [7, 11) is 3.15. The van der Waals surface area contributed by atoms with Crippen molar-refractivity contribution in [3.8, 4) is 22.3 Å². The highest BCUT2D eigenvalue weighted by Gasteiger charge is 2.52. The van der Waals surface area contributed by atoms with Crippen LogP contribution in [0.2, 0.25) is 0 Å². The van der Waals surface area contributed by atoms with Crippen LogP contribution in [0.15, 0.2) is 118 Å². The highest BCUT2D eigenvalue weighted by molar-refractivity contribution is 7.12. The van der Waals surface area contributed by atoms with Gasteiger partial charge < -0.3 is 20.9 Å². The van der Waals surface area contributed by atoms with E-state index in [1.165, 1.54) is 44.9 Å².